The van der Waals surface area contributed by atoms with Gasteiger partial charge >= 0.3 is 36.4 Å². The summed E-state index contributed by atoms with van der Waals surface area (Å²) in [4.78, 5) is 101. The van der Waals surface area contributed by atoms with Gasteiger partial charge < -0.3 is 14.2 Å². The molecule has 0 heterocycles. The van der Waals surface area contributed by atoms with E-state index in [1.54, 1.807) is 96.1 Å². The van der Waals surface area contributed by atoms with Crippen molar-refractivity contribution < 1.29 is 72.3 Å². The fourth-order valence-electron chi connectivity index (χ4n) is 4.94. The SMILES string of the molecule is Cc1cccc(C)c1C(=O)OOC(=O)OCCC(CCOC(=O)OOC(=O)c1c(C)cccc1C)COC(=O)OOC(=O)c1c(C)cccc1C. The van der Waals surface area contributed by atoms with E-state index in [9.17, 15) is 28.8 Å². The summed E-state index contributed by atoms with van der Waals surface area (Å²) in [6.07, 6.45) is -3.97. The van der Waals surface area contributed by atoms with Gasteiger partial charge in [0.2, 0.25) is 0 Å². The fourth-order valence-corrected chi connectivity index (χ4v) is 4.94. The van der Waals surface area contributed by atoms with Crippen LogP contribution in [0.1, 0.15) is 77.3 Å². The smallest absolute Gasteiger partial charge is 0.432 e. The van der Waals surface area contributed by atoms with Crippen molar-refractivity contribution in [3.8, 4) is 0 Å². The Labute approximate surface area is 293 Å². The summed E-state index contributed by atoms with van der Waals surface area (Å²) in [5.74, 6) is -3.35. The van der Waals surface area contributed by atoms with Crippen LogP contribution in [-0.4, -0.2) is 56.2 Å². The van der Waals surface area contributed by atoms with E-state index in [0.717, 1.165) is 0 Å². The van der Waals surface area contributed by atoms with E-state index in [4.69, 9.17) is 14.2 Å². The number of rotatable bonds is 11. The minimum atomic E-state index is -1.35. The third-order valence-corrected chi connectivity index (χ3v) is 7.54. The normalized spacial score (nSPS) is 10.4. The monoisotopic (exact) mass is 710 g/mol. The van der Waals surface area contributed by atoms with Crippen LogP contribution in [0.3, 0.4) is 0 Å². The molecule has 0 aromatic heterocycles. The zero-order valence-electron chi connectivity index (χ0n) is 28.9. The van der Waals surface area contributed by atoms with Crippen LogP contribution in [0.15, 0.2) is 54.6 Å². The fraction of sp³-hybridized carbons (Fsp3) is 0.333. The maximum atomic E-state index is 12.4. The second-order valence-electron chi connectivity index (χ2n) is 11.4. The molecule has 0 aliphatic rings. The van der Waals surface area contributed by atoms with E-state index in [1.807, 2.05) is 0 Å². The number of carbonyl (C=O) groups excluding carboxylic acids is 6. The predicted molar refractivity (Wildman–Crippen MR) is 174 cm³/mol. The topological polar surface area (TPSA) is 185 Å². The summed E-state index contributed by atoms with van der Waals surface area (Å²) in [5, 5.41) is 0. The predicted octanol–water partition coefficient (Wildman–Crippen LogP) is 7.01. The Morgan fingerprint density at radius 3 is 1.00 bits per heavy atom. The molecule has 0 fully saturated rings. The molecule has 15 heteroatoms. The van der Waals surface area contributed by atoms with Crippen LogP contribution in [-0.2, 0) is 43.5 Å². The molecule has 3 aromatic rings. The summed E-state index contributed by atoms with van der Waals surface area (Å²) in [5.41, 5.74) is 4.35. The van der Waals surface area contributed by atoms with Gasteiger partial charge in [-0.2, -0.15) is 14.4 Å². The highest BCUT2D eigenvalue weighted by Crippen LogP contribution is 2.18. The lowest BCUT2D eigenvalue weighted by Crippen LogP contribution is -2.22. The van der Waals surface area contributed by atoms with Crippen molar-refractivity contribution in [2.24, 2.45) is 5.92 Å². The van der Waals surface area contributed by atoms with Crippen molar-refractivity contribution >= 4 is 36.4 Å². The maximum Gasteiger partial charge on any atom is 0.549 e. The average Bonchev–Trinajstić information content (AvgIpc) is 3.07. The molecule has 51 heavy (non-hydrogen) atoms. The largest absolute Gasteiger partial charge is 0.549 e. The Bertz CT molecular complexity index is 1600. The van der Waals surface area contributed by atoms with Crippen molar-refractivity contribution in [1.82, 2.24) is 0 Å². The maximum absolute atomic E-state index is 12.4. The molecular formula is C36H38O15. The van der Waals surface area contributed by atoms with Gasteiger partial charge in [-0.15, -0.1) is 0 Å². The van der Waals surface area contributed by atoms with Gasteiger partial charge in [0.15, 0.2) is 0 Å². The average molecular weight is 711 g/mol. The highest BCUT2D eigenvalue weighted by atomic mass is 17.2. The standard InChI is InChI=1S/C36H38O15/c1-21-10-7-11-22(2)28(21)31(37)46-49-34(40)43-18-16-27(20-45-36(42)51-48-33(39)30-25(5)14-9-15-26(30)6)17-19-44-35(41)50-47-32(38)29-23(3)12-8-13-24(29)4/h7-15,27H,16-20H2,1-6H3. The van der Waals surface area contributed by atoms with E-state index < -0.39 is 42.3 Å². The van der Waals surface area contributed by atoms with Crippen molar-refractivity contribution in [2.45, 2.75) is 54.4 Å². The molecule has 0 saturated heterocycles. The Balaban J connectivity index is 1.50. The summed E-state index contributed by atoms with van der Waals surface area (Å²) in [7, 11) is 0. The molecule has 0 saturated carbocycles. The Kier molecular flexibility index (Phi) is 14.8. The molecule has 0 radical (unpaired) electrons. The van der Waals surface area contributed by atoms with Crippen LogP contribution in [0.4, 0.5) is 14.4 Å². The third kappa shape index (κ3) is 12.1. The van der Waals surface area contributed by atoms with Gasteiger partial charge in [-0.1, -0.05) is 54.6 Å². The Morgan fingerprint density at radius 1 is 0.431 bits per heavy atom. The molecule has 0 spiro atoms. The van der Waals surface area contributed by atoms with E-state index in [1.165, 1.54) is 0 Å². The molecule has 3 rings (SSSR count). The minimum Gasteiger partial charge on any atom is -0.432 e. The zero-order chi connectivity index (χ0) is 37.5. The molecule has 0 N–H and O–H groups in total. The lowest BCUT2D eigenvalue weighted by molar-refractivity contribution is -0.206. The summed E-state index contributed by atoms with van der Waals surface area (Å²) < 4.78 is 15.0. The van der Waals surface area contributed by atoms with E-state index in [-0.39, 0.29) is 49.4 Å². The van der Waals surface area contributed by atoms with E-state index >= 15 is 0 Å². The summed E-state index contributed by atoms with van der Waals surface area (Å²) in [6, 6.07) is 15.4. The molecule has 3 aromatic carbocycles. The number of carbonyl (C=O) groups is 6. The molecule has 0 atom stereocenters. The Morgan fingerprint density at radius 2 is 0.706 bits per heavy atom. The molecule has 0 aliphatic carbocycles. The lowest BCUT2D eigenvalue weighted by atomic mass is 10.0. The first-order chi connectivity index (χ1) is 24.3. The van der Waals surface area contributed by atoms with Gasteiger partial charge in [0.25, 0.3) is 0 Å². The molecule has 15 nitrogen and oxygen atoms in total. The van der Waals surface area contributed by atoms with Crippen LogP contribution < -0.4 is 0 Å². The first-order valence-corrected chi connectivity index (χ1v) is 15.6. The van der Waals surface area contributed by atoms with Gasteiger partial charge in [0.1, 0.15) is 0 Å². The summed E-state index contributed by atoms with van der Waals surface area (Å²) >= 11 is 0. The van der Waals surface area contributed by atoms with Crippen molar-refractivity contribution in [3.63, 3.8) is 0 Å². The summed E-state index contributed by atoms with van der Waals surface area (Å²) in [6.45, 7) is 9.13. The highest BCUT2D eigenvalue weighted by Gasteiger charge is 2.22. The number of hydrogen-bond donors (Lipinski definition) is 0. The number of hydrogen-bond acceptors (Lipinski definition) is 15. The van der Waals surface area contributed by atoms with Gasteiger partial charge in [-0.05, 0) is 93.7 Å². The molecule has 0 unspecified atom stereocenters. The van der Waals surface area contributed by atoms with Crippen molar-refractivity contribution in [2.75, 3.05) is 19.8 Å². The molecular weight excluding hydrogens is 672 g/mol. The van der Waals surface area contributed by atoms with Crippen LogP contribution in [0.25, 0.3) is 0 Å². The molecule has 0 bridgehead atoms. The van der Waals surface area contributed by atoms with Crippen LogP contribution in [0.5, 0.6) is 0 Å². The quantitative estimate of drug-likeness (QED) is 0.0855. The van der Waals surface area contributed by atoms with Crippen molar-refractivity contribution in [3.05, 3.63) is 105 Å². The number of benzene rings is 3. The van der Waals surface area contributed by atoms with E-state index in [2.05, 4.69) is 29.3 Å². The molecule has 0 aliphatic heterocycles. The molecule has 0 amide bonds. The second kappa shape index (κ2) is 19.2. The lowest BCUT2D eigenvalue weighted by Gasteiger charge is -2.16. The Hall–Kier alpha value is -6.12. The van der Waals surface area contributed by atoms with Crippen LogP contribution >= 0.6 is 0 Å². The van der Waals surface area contributed by atoms with Crippen molar-refractivity contribution in [1.29, 1.82) is 0 Å². The third-order valence-electron chi connectivity index (χ3n) is 7.54. The van der Waals surface area contributed by atoms with Gasteiger partial charge in [-0.25, -0.2) is 43.7 Å². The first-order valence-electron chi connectivity index (χ1n) is 15.6. The van der Waals surface area contributed by atoms with E-state index in [0.29, 0.717) is 33.4 Å². The highest BCUT2D eigenvalue weighted by molar-refractivity contribution is 5.93. The molecule has 272 valence electrons. The zero-order valence-corrected chi connectivity index (χ0v) is 28.9. The van der Waals surface area contributed by atoms with Gasteiger partial charge in [-0.3, -0.25) is 0 Å². The van der Waals surface area contributed by atoms with Crippen LogP contribution in [0.2, 0.25) is 0 Å². The second-order valence-corrected chi connectivity index (χ2v) is 11.4. The first kappa shape index (κ1) is 39.3. The van der Waals surface area contributed by atoms with Gasteiger partial charge in [0, 0.05) is 0 Å². The minimum absolute atomic E-state index is 0.00930. The van der Waals surface area contributed by atoms with Crippen LogP contribution in [0, 0.1) is 47.5 Å². The number of aryl methyl sites for hydroxylation is 6. The van der Waals surface area contributed by atoms with Gasteiger partial charge in [0.05, 0.1) is 36.5 Å². The number of ether oxygens (including phenoxy) is 3.